The lowest BCUT2D eigenvalue weighted by Gasteiger charge is -2.31. The summed E-state index contributed by atoms with van der Waals surface area (Å²) in [7, 11) is -1.50. The number of hydrogen-bond acceptors (Lipinski definition) is 3. The van der Waals surface area contributed by atoms with E-state index in [9.17, 15) is 9.00 Å². The average molecular weight is 321 g/mol. The summed E-state index contributed by atoms with van der Waals surface area (Å²) in [6.07, 6.45) is 4.81. The molecule has 0 radical (unpaired) electrons. The molecule has 4 atom stereocenters. The molecule has 1 N–H and O–H groups in total. The number of nitrogens with one attached hydrogen (secondary N) is 1. The molecule has 4 nitrogen and oxygen atoms in total. The number of hydrogen-bond donors (Lipinski definition) is 1. The molecule has 0 spiro atoms. The van der Waals surface area contributed by atoms with Crippen molar-refractivity contribution in [1.29, 1.82) is 0 Å². The molecular weight excluding hydrogens is 298 g/mol. The quantitative estimate of drug-likeness (QED) is 0.842. The Morgan fingerprint density at radius 2 is 2.05 bits per heavy atom. The second-order valence-corrected chi connectivity index (χ2v) is 7.13. The third-order valence-corrected chi connectivity index (χ3v) is 5.28. The molecule has 1 amide bonds. The van der Waals surface area contributed by atoms with Gasteiger partial charge in [0.25, 0.3) is 0 Å². The van der Waals surface area contributed by atoms with Gasteiger partial charge in [0, 0.05) is 5.92 Å². The Morgan fingerprint density at radius 3 is 2.73 bits per heavy atom. The van der Waals surface area contributed by atoms with Crippen LogP contribution >= 0.6 is 0 Å². The van der Waals surface area contributed by atoms with Crippen LogP contribution in [0, 0.1) is 0 Å². The van der Waals surface area contributed by atoms with E-state index in [1.807, 2.05) is 18.2 Å². The lowest BCUT2D eigenvalue weighted by Crippen LogP contribution is -2.36. The third kappa shape index (κ3) is 4.44. The first-order valence-electron chi connectivity index (χ1n) is 7.67. The standard InChI is InChI=1S/C17H23NO3S/c1-3-13(2)22(20)18-17(19)21-16-12-8-7-11-15(16)14-9-5-4-6-10-14/h3-6,9-10,13,15-16H,1,7-8,11-12H2,2H3,(H,18,19)/t13-,15-,16+,22+/m0/s1. The number of carbonyl (C=O) groups excluding carboxylic acids is 1. The first kappa shape index (κ1) is 16.7. The minimum Gasteiger partial charge on any atom is -0.445 e. The molecule has 1 saturated carbocycles. The Kier molecular flexibility index (Phi) is 6.19. The van der Waals surface area contributed by atoms with Crippen molar-refractivity contribution in [2.24, 2.45) is 0 Å². The smallest absolute Gasteiger partial charge is 0.419 e. The molecule has 2 rings (SSSR count). The highest BCUT2D eigenvalue weighted by Crippen LogP contribution is 2.34. The zero-order chi connectivity index (χ0) is 15.9. The van der Waals surface area contributed by atoms with Crippen LogP contribution in [0.4, 0.5) is 4.79 Å². The van der Waals surface area contributed by atoms with E-state index in [1.54, 1.807) is 13.0 Å². The molecule has 1 fully saturated rings. The second-order valence-electron chi connectivity index (χ2n) is 5.59. The monoisotopic (exact) mass is 321 g/mol. The molecule has 0 saturated heterocycles. The Bertz CT molecular complexity index is 532. The van der Waals surface area contributed by atoms with Gasteiger partial charge < -0.3 is 4.74 Å². The van der Waals surface area contributed by atoms with E-state index >= 15 is 0 Å². The van der Waals surface area contributed by atoms with E-state index in [-0.39, 0.29) is 17.3 Å². The minimum atomic E-state index is -1.50. The molecule has 0 heterocycles. The summed E-state index contributed by atoms with van der Waals surface area (Å²) in [5.41, 5.74) is 1.19. The average Bonchev–Trinajstić information content (AvgIpc) is 2.55. The molecule has 120 valence electrons. The van der Waals surface area contributed by atoms with Gasteiger partial charge in [0.15, 0.2) is 0 Å². The van der Waals surface area contributed by atoms with Gasteiger partial charge in [0.1, 0.15) is 17.1 Å². The van der Waals surface area contributed by atoms with Crippen LogP contribution in [-0.2, 0) is 15.7 Å². The highest BCUT2D eigenvalue weighted by molar-refractivity contribution is 7.84. The zero-order valence-electron chi connectivity index (χ0n) is 12.9. The molecule has 0 unspecified atom stereocenters. The Morgan fingerprint density at radius 1 is 1.36 bits per heavy atom. The SMILES string of the molecule is C=C[C@H](C)[S@@](=O)NC(=O)O[C@@H]1CCCC[C@H]1c1ccccc1. The van der Waals surface area contributed by atoms with Gasteiger partial charge in [0.05, 0.1) is 5.25 Å². The van der Waals surface area contributed by atoms with Crippen molar-refractivity contribution in [2.75, 3.05) is 0 Å². The fourth-order valence-electron chi connectivity index (χ4n) is 2.74. The van der Waals surface area contributed by atoms with Gasteiger partial charge in [0.2, 0.25) is 0 Å². The van der Waals surface area contributed by atoms with Crippen molar-refractivity contribution >= 4 is 17.1 Å². The molecule has 1 aliphatic carbocycles. The molecule has 1 aromatic carbocycles. The number of carbonyl (C=O) groups is 1. The summed E-state index contributed by atoms with van der Waals surface area (Å²) < 4.78 is 19.7. The van der Waals surface area contributed by atoms with Crippen LogP contribution in [0.15, 0.2) is 43.0 Å². The summed E-state index contributed by atoms with van der Waals surface area (Å²) in [6.45, 7) is 5.30. The van der Waals surface area contributed by atoms with Gasteiger partial charge in [-0.05, 0) is 31.7 Å². The van der Waals surface area contributed by atoms with Crippen LogP contribution in [0.5, 0.6) is 0 Å². The summed E-state index contributed by atoms with van der Waals surface area (Å²) in [4.78, 5) is 12.0. The van der Waals surface area contributed by atoms with E-state index < -0.39 is 17.1 Å². The van der Waals surface area contributed by atoms with E-state index in [1.165, 1.54) is 5.56 Å². The number of amides is 1. The highest BCUT2D eigenvalue weighted by Gasteiger charge is 2.30. The van der Waals surface area contributed by atoms with Gasteiger partial charge in [-0.15, -0.1) is 6.58 Å². The minimum absolute atomic E-state index is 0.160. The molecule has 1 aliphatic rings. The third-order valence-electron chi connectivity index (χ3n) is 4.04. The molecule has 0 bridgehead atoms. The predicted molar refractivity (Wildman–Crippen MR) is 88.9 cm³/mol. The Balaban J connectivity index is 1.98. The van der Waals surface area contributed by atoms with E-state index in [0.717, 1.165) is 25.7 Å². The molecule has 0 aliphatic heterocycles. The number of rotatable bonds is 5. The van der Waals surface area contributed by atoms with Crippen LogP contribution in [0.1, 0.15) is 44.1 Å². The maximum absolute atomic E-state index is 12.0. The van der Waals surface area contributed by atoms with Gasteiger partial charge in [-0.3, -0.25) is 0 Å². The van der Waals surface area contributed by atoms with E-state index in [2.05, 4.69) is 23.4 Å². The van der Waals surface area contributed by atoms with E-state index in [4.69, 9.17) is 4.74 Å². The first-order valence-corrected chi connectivity index (χ1v) is 8.88. The Hall–Kier alpha value is -1.62. The Labute approximate surface area is 134 Å². The molecular formula is C17H23NO3S. The largest absolute Gasteiger partial charge is 0.445 e. The topological polar surface area (TPSA) is 55.4 Å². The second kappa shape index (κ2) is 8.13. The summed E-state index contributed by atoms with van der Waals surface area (Å²) >= 11 is 0. The van der Waals surface area contributed by atoms with Crippen molar-refractivity contribution in [1.82, 2.24) is 4.72 Å². The maximum atomic E-state index is 12.0. The lowest BCUT2D eigenvalue weighted by atomic mass is 9.81. The van der Waals surface area contributed by atoms with E-state index in [0.29, 0.717) is 0 Å². The van der Waals surface area contributed by atoms with Crippen LogP contribution < -0.4 is 4.72 Å². The molecule has 5 heteroatoms. The summed E-state index contributed by atoms with van der Waals surface area (Å²) in [5.74, 6) is 0.214. The fourth-order valence-corrected chi connectivity index (χ4v) is 3.32. The first-order chi connectivity index (χ1) is 10.6. The molecule has 22 heavy (non-hydrogen) atoms. The van der Waals surface area contributed by atoms with Gasteiger partial charge in [-0.1, -0.05) is 42.8 Å². The summed E-state index contributed by atoms with van der Waals surface area (Å²) in [6, 6.07) is 10.1. The lowest BCUT2D eigenvalue weighted by molar-refractivity contribution is 0.0653. The van der Waals surface area contributed by atoms with Crippen LogP contribution in [0.2, 0.25) is 0 Å². The van der Waals surface area contributed by atoms with Gasteiger partial charge in [-0.2, -0.15) is 0 Å². The highest BCUT2D eigenvalue weighted by atomic mass is 32.2. The van der Waals surface area contributed by atoms with Crippen molar-refractivity contribution in [3.63, 3.8) is 0 Å². The van der Waals surface area contributed by atoms with Gasteiger partial charge in [-0.25, -0.2) is 13.7 Å². The van der Waals surface area contributed by atoms with Crippen LogP contribution in [-0.4, -0.2) is 21.7 Å². The normalized spacial score (nSPS) is 24.0. The predicted octanol–water partition coefficient (Wildman–Crippen LogP) is 3.68. The number of benzene rings is 1. The number of ether oxygens (including phenoxy) is 1. The maximum Gasteiger partial charge on any atom is 0.419 e. The van der Waals surface area contributed by atoms with Crippen molar-refractivity contribution in [3.05, 3.63) is 48.6 Å². The fraction of sp³-hybridized carbons (Fsp3) is 0.471. The molecule has 0 aromatic heterocycles. The summed E-state index contributed by atoms with van der Waals surface area (Å²) in [5, 5.41) is -0.302. The van der Waals surface area contributed by atoms with Crippen molar-refractivity contribution < 1.29 is 13.7 Å². The van der Waals surface area contributed by atoms with Crippen molar-refractivity contribution in [3.8, 4) is 0 Å². The van der Waals surface area contributed by atoms with Crippen molar-refractivity contribution in [2.45, 2.75) is 49.9 Å². The zero-order valence-corrected chi connectivity index (χ0v) is 13.7. The van der Waals surface area contributed by atoms with Crippen LogP contribution in [0.25, 0.3) is 0 Å². The van der Waals surface area contributed by atoms with Crippen LogP contribution in [0.3, 0.4) is 0 Å². The van der Waals surface area contributed by atoms with Gasteiger partial charge >= 0.3 is 6.09 Å². The molecule has 1 aromatic rings.